The van der Waals surface area contributed by atoms with E-state index in [-0.39, 0.29) is 29.1 Å². The largest absolute Gasteiger partial charge is 0.508 e. The number of aliphatic hydroxyl groups excluding tert-OH is 2. The van der Waals surface area contributed by atoms with Crippen LogP contribution in [-0.4, -0.2) is 32.6 Å². The summed E-state index contributed by atoms with van der Waals surface area (Å²) in [6, 6.07) is 14.4. The van der Waals surface area contributed by atoms with Crippen molar-refractivity contribution in [2.45, 2.75) is 57.2 Å². The van der Waals surface area contributed by atoms with Crippen LogP contribution in [0.1, 0.15) is 50.7 Å². The van der Waals surface area contributed by atoms with Crippen molar-refractivity contribution >= 4 is 0 Å². The topological polar surface area (TPSA) is 80.9 Å². The van der Waals surface area contributed by atoms with E-state index in [2.05, 4.69) is 13.8 Å². The van der Waals surface area contributed by atoms with Crippen LogP contribution >= 0.6 is 0 Å². The third-order valence-electron chi connectivity index (χ3n) is 4.84. The van der Waals surface area contributed by atoms with Crippen LogP contribution in [0.25, 0.3) is 0 Å². The van der Waals surface area contributed by atoms with E-state index in [1.807, 2.05) is 24.3 Å². The second-order valence-corrected chi connectivity index (χ2v) is 7.18. The molecule has 0 atom stereocenters. The molecule has 0 unspecified atom stereocenters. The third kappa shape index (κ3) is 5.48. The van der Waals surface area contributed by atoms with E-state index in [1.165, 1.54) is 0 Å². The van der Waals surface area contributed by atoms with Crippen molar-refractivity contribution < 1.29 is 20.4 Å². The number of phenolic OH excluding ortho intramolecular Hbond substituents is 2. The fourth-order valence-corrected chi connectivity index (χ4v) is 2.98. The lowest BCUT2D eigenvalue weighted by Crippen LogP contribution is -2.21. The number of aromatic hydroxyl groups is 2. The summed E-state index contributed by atoms with van der Waals surface area (Å²) in [4.78, 5) is 0. The average molecular weight is 344 g/mol. The highest BCUT2D eigenvalue weighted by Crippen LogP contribution is 2.32. The predicted octanol–water partition coefficient (Wildman–Crippen LogP) is 3.71. The van der Waals surface area contributed by atoms with E-state index in [1.54, 1.807) is 24.3 Å². The molecule has 0 heterocycles. The van der Waals surface area contributed by atoms with Crippen molar-refractivity contribution in [2.24, 2.45) is 0 Å². The zero-order valence-electron chi connectivity index (χ0n) is 14.9. The van der Waals surface area contributed by atoms with Crippen molar-refractivity contribution in [3.05, 3.63) is 59.7 Å². The van der Waals surface area contributed by atoms with Crippen LogP contribution in [0.5, 0.6) is 11.5 Å². The van der Waals surface area contributed by atoms with Gasteiger partial charge in [0.15, 0.2) is 0 Å². The number of rotatable bonds is 2. The van der Waals surface area contributed by atoms with E-state index in [0.29, 0.717) is 0 Å². The van der Waals surface area contributed by atoms with Gasteiger partial charge in [-0.2, -0.15) is 0 Å². The van der Waals surface area contributed by atoms with Crippen LogP contribution in [0.4, 0.5) is 0 Å². The monoisotopic (exact) mass is 344 g/mol. The lowest BCUT2D eigenvalue weighted by molar-refractivity contribution is 0.0541. The van der Waals surface area contributed by atoms with Crippen molar-refractivity contribution in [1.29, 1.82) is 0 Å². The molecule has 136 valence electrons. The number of hydrogen-bond donors (Lipinski definition) is 4. The Morgan fingerprint density at radius 1 is 0.640 bits per heavy atom. The summed E-state index contributed by atoms with van der Waals surface area (Å²) in [6.45, 7) is 4.23. The molecule has 0 aliphatic heterocycles. The van der Waals surface area contributed by atoms with Crippen molar-refractivity contribution in [1.82, 2.24) is 0 Å². The number of aliphatic hydroxyl groups is 2. The standard InChI is InChI=1S/C15H16O2.C6H12O2/c1-15(2,11-3-7-13(16)8-4-11)12-5-9-14(17)10-6-12;7-5-1-2-6(8)4-3-5/h3-10,16-17H,1-2H3;5-8H,1-4H2. The van der Waals surface area contributed by atoms with Gasteiger partial charge in [-0.3, -0.25) is 0 Å². The Morgan fingerprint density at radius 3 is 1.20 bits per heavy atom. The van der Waals surface area contributed by atoms with Crippen LogP contribution in [0.15, 0.2) is 48.5 Å². The molecule has 3 rings (SSSR count). The van der Waals surface area contributed by atoms with Gasteiger partial charge in [-0.25, -0.2) is 0 Å². The first kappa shape index (κ1) is 19.3. The minimum atomic E-state index is -0.151. The second-order valence-electron chi connectivity index (χ2n) is 7.18. The van der Waals surface area contributed by atoms with E-state index in [4.69, 9.17) is 10.2 Å². The van der Waals surface area contributed by atoms with Crippen LogP contribution in [0.3, 0.4) is 0 Å². The first-order chi connectivity index (χ1) is 11.8. The van der Waals surface area contributed by atoms with Gasteiger partial charge in [0.2, 0.25) is 0 Å². The molecule has 0 radical (unpaired) electrons. The van der Waals surface area contributed by atoms with Gasteiger partial charge in [0.25, 0.3) is 0 Å². The summed E-state index contributed by atoms with van der Waals surface area (Å²) in [5.41, 5.74) is 2.10. The summed E-state index contributed by atoms with van der Waals surface area (Å²) in [7, 11) is 0. The zero-order chi connectivity index (χ0) is 18.4. The van der Waals surface area contributed by atoms with E-state index >= 15 is 0 Å². The Labute approximate surface area is 149 Å². The highest BCUT2D eigenvalue weighted by atomic mass is 16.3. The van der Waals surface area contributed by atoms with Gasteiger partial charge in [0.05, 0.1) is 12.2 Å². The van der Waals surface area contributed by atoms with Crippen LogP contribution in [0.2, 0.25) is 0 Å². The maximum Gasteiger partial charge on any atom is 0.115 e. The minimum Gasteiger partial charge on any atom is -0.508 e. The maximum atomic E-state index is 9.30. The lowest BCUT2D eigenvalue weighted by atomic mass is 9.78. The zero-order valence-corrected chi connectivity index (χ0v) is 14.9. The van der Waals surface area contributed by atoms with E-state index in [0.717, 1.165) is 36.8 Å². The number of phenols is 2. The number of hydrogen-bond acceptors (Lipinski definition) is 4. The Balaban J connectivity index is 0.000000236. The van der Waals surface area contributed by atoms with Gasteiger partial charge in [-0.15, -0.1) is 0 Å². The van der Waals surface area contributed by atoms with Crippen molar-refractivity contribution in [3.8, 4) is 11.5 Å². The first-order valence-corrected chi connectivity index (χ1v) is 8.74. The van der Waals surface area contributed by atoms with Crippen LogP contribution < -0.4 is 0 Å². The quantitative estimate of drug-likeness (QED) is 0.669. The van der Waals surface area contributed by atoms with Crippen molar-refractivity contribution in [3.63, 3.8) is 0 Å². The summed E-state index contributed by atoms with van der Waals surface area (Å²) in [5, 5.41) is 36.4. The SMILES string of the molecule is CC(C)(c1ccc(O)cc1)c1ccc(O)cc1.OC1CCC(O)CC1. The van der Waals surface area contributed by atoms with Crippen LogP contribution in [0, 0.1) is 0 Å². The van der Waals surface area contributed by atoms with E-state index in [9.17, 15) is 10.2 Å². The van der Waals surface area contributed by atoms with Gasteiger partial charge in [-0.05, 0) is 61.1 Å². The third-order valence-corrected chi connectivity index (χ3v) is 4.84. The van der Waals surface area contributed by atoms with Crippen LogP contribution in [-0.2, 0) is 5.41 Å². The fourth-order valence-electron chi connectivity index (χ4n) is 2.98. The summed E-state index contributed by atoms with van der Waals surface area (Å²) >= 11 is 0. The summed E-state index contributed by atoms with van der Waals surface area (Å²) < 4.78 is 0. The molecule has 0 bridgehead atoms. The van der Waals surface area contributed by atoms with Gasteiger partial charge in [0.1, 0.15) is 11.5 Å². The molecule has 1 aliphatic rings. The van der Waals surface area contributed by atoms with Gasteiger partial charge in [0, 0.05) is 5.41 Å². The Hall–Kier alpha value is -2.04. The van der Waals surface area contributed by atoms with Gasteiger partial charge < -0.3 is 20.4 Å². The molecule has 2 aromatic carbocycles. The summed E-state index contributed by atoms with van der Waals surface area (Å²) in [5.74, 6) is 0.547. The molecule has 4 nitrogen and oxygen atoms in total. The first-order valence-electron chi connectivity index (χ1n) is 8.74. The van der Waals surface area contributed by atoms with Gasteiger partial charge >= 0.3 is 0 Å². The smallest absolute Gasteiger partial charge is 0.115 e. The molecule has 4 heteroatoms. The molecule has 0 saturated heterocycles. The normalized spacial score (nSPS) is 20.5. The highest BCUT2D eigenvalue weighted by molar-refractivity contribution is 5.41. The molecule has 25 heavy (non-hydrogen) atoms. The lowest BCUT2D eigenvalue weighted by Gasteiger charge is -2.26. The Kier molecular flexibility index (Phi) is 6.45. The molecule has 0 amide bonds. The second kappa shape index (κ2) is 8.37. The molecule has 1 saturated carbocycles. The van der Waals surface area contributed by atoms with Gasteiger partial charge in [-0.1, -0.05) is 38.1 Å². The molecule has 2 aromatic rings. The Bertz CT molecular complexity index is 581. The molecule has 1 fully saturated rings. The molecular formula is C21H28O4. The molecular weight excluding hydrogens is 316 g/mol. The average Bonchev–Trinajstić information content (AvgIpc) is 2.59. The minimum absolute atomic E-state index is 0.140. The predicted molar refractivity (Wildman–Crippen MR) is 98.8 cm³/mol. The molecule has 4 N–H and O–H groups in total. The maximum absolute atomic E-state index is 9.30. The Morgan fingerprint density at radius 2 is 0.920 bits per heavy atom. The summed E-state index contributed by atoms with van der Waals surface area (Å²) in [6.07, 6.45) is 2.83. The highest BCUT2D eigenvalue weighted by Gasteiger charge is 2.22. The van der Waals surface area contributed by atoms with E-state index < -0.39 is 0 Å². The van der Waals surface area contributed by atoms with Crippen molar-refractivity contribution in [2.75, 3.05) is 0 Å². The molecule has 1 aliphatic carbocycles. The number of benzene rings is 2. The fraction of sp³-hybridized carbons (Fsp3) is 0.429. The molecule has 0 spiro atoms. The molecule has 0 aromatic heterocycles.